The van der Waals surface area contributed by atoms with Gasteiger partial charge in [0.15, 0.2) is 0 Å². The van der Waals surface area contributed by atoms with Crippen molar-refractivity contribution in [3.05, 3.63) is 10.4 Å². The highest BCUT2D eigenvalue weighted by atomic mass is 16.6. The van der Waals surface area contributed by atoms with Gasteiger partial charge in [-0.3, -0.25) is 0 Å². The van der Waals surface area contributed by atoms with E-state index in [9.17, 15) is 0 Å². The Kier molecular flexibility index (Phi) is 3.54. The van der Waals surface area contributed by atoms with Crippen LogP contribution in [0.1, 0.15) is 26.2 Å². The Hall–Kier alpha value is -0.770. The number of ether oxygens (including phenoxy) is 2. The molecule has 0 aromatic carbocycles. The maximum atomic E-state index is 8.43. The number of hydrogen-bond donors (Lipinski definition) is 0. The van der Waals surface area contributed by atoms with Crippen molar-refractivity contribution in [3.8, 4) is 0 Å². The van der Waals surface area contributed by atoms with Crippen LogP contribution < -0.4 is 0 Å². The second-order valence-electron chi connectivity index (χ2n) is 3.25. The summed E-state index contributed by atoms with van der Waals surface area (Å²) in [5, 5.41) is 3.72. The van der Waals surface area contributed by atoms with Crippen LogP contribution in [0.4, 0.5) is 0 Å². The molecule has 0 N–H and O–H groups in total. The Morgan fingerprint density at radius 3 is 2.85 bits per heavy atom. The van der Waals surface area contributed by atoms with Gasteiger partial charge in [0.25, 0.3) is 0 Å². The van der Waals surface area contributed by atoms with E-state index in [-0.39, 0.29) is 6.10 Å². The first-order valence-electron chi connectivity index (χ1n) is 4.49. The van der Waals surface area contributed by atoms with E-state index < -0.39 is 5.72 Å². The van der Waals surface area contributed by atoms with Gasteiger partial charge in [0.2, 0.25) is 0 Å². The lowest BCUT2D eigenvalue weighted by atomic mass is 10.0. The summed E-state index contributed by atoms with van der Waals surface area (Å²) in [5.74, 6) is 0. The minimum Gasteiger partial charge on any atom is -0.373 e. The first-order chi connectivity index (χ1) is 6.26. The van der Waals surface area contributed by atoms with Gasteiger partial charge in [-0.2, -0.15) is 0 Å². The Morgan fingerprint density at radius 1 is 1.77 bits per heavy atom. The van der Waals surface area contributed by atoms with E-state index in [2.05, 4.69) is 10.0 Å². The molecule has 0 aromatic heterocycles. The largest absolute Gasteiger partial charge is 0.373 e. The predicted octanol–water partition coefficient (Wildman–Crippen LogP) is 2.23. The highest BCUT2D eigenvalue weighted by Crippen LogP contribution is 2.30. The molecule has 2 unspecified atom stereocenters. The van der Waals surface area contributed by atoms with Crippen LogP contribution in [-0.4, -0.2) is 25.5 Å². The molecule has 0 amide bonds. The lowest BCUT2D eigenvalue weighted by molar-refractivity contribution is -0.0241. The smallest absolute Gasteiger partial charge is 0.149 e. The standard InChI is InChI=1S/C8H15N3O2/c1-3-4-8(12-2,10-11-9)5-7-6-13-7/h7H,3-6H2,1-2H3. The molecule has 5 heteroatoms. The second kappa shape index (κ2) is 4.46. The fourth-order valence-corrected chi connectivity index (χ4v) is 1.43. The van der Waals surface area contributed by atoms with Crippen LogP contribution in [0.15, 0.2) is 5.11 Å². The Bertz CT molecular complexity index is 211. The number of hydrogen-bond acceptors (Lipinski definition) is 3. The number of methoxy groups -OCH3 is 1. The van der Waals surface area contributed by atoms with Crippen LogP contribution in [0.2, 0.25) is 0 Å². The summed E-state index contributed by atoms with van der Waals surface area (Å²) in [5.41, 5.74) is 7.74. The van der Waals surface area contributed by atoms with Gasteiger partial charge in [0.05, 0.1) is 12.7 Å². The van der Waals surface area contributed by atoms with Gasteiger partial charge in [0.1, 0.15) is 5.72 Å². The average Bonchev–Trinajstić information content (AvgIpc) is 2.89. The lowest BCUT2D eigenvalue weighted by Gasteiger charge is -2.25. The molecule has 2 atom stereocenters. The van der Waals surface area contributed by atoms with Crippen LogP contribution in [-0.2, 0) is 9.47 Å². The van der Waals surface area contributed by atoms with Gasteiger partial charge in [-0.15, -0.1) is 0 Å². The third-order valence-electron chi connectivity index (χ3n) is 2.20. The number of nitrogens with zero attached hydrogens (tertiary/aromatic N) is 3. The molecule has 1 aliphatic heterocycles. The molecule has 0 aliphatic carbocycles. The van der Waals surface area contributed by atoms with Gasteiger partial charge in [-0.25, -0.2) is 0 Å². The van der Waals surface area contributed by atoms with Crippen LogP contribution >= 0.6 is 0 Å². The Balaban J connectivity index is 2.60. The number of azide groups is 1. The van der Waals surface area contributed by atoms with E-state index in [1.807, 2.05) is 6.92 Å². The van der Waals surface area contributed by atoms with Crippen molar-refractivity contribution in [1.29, 1.82) is 0 Å². The highest BCUT2D eigenvalue weighted by Gasteiger charge is 2.36. The normalized spacial score (nSPS) is 24.6. The minimum atomic E-state index is -0.690. The molecule has 13 heavy (non-hydrogen) atoms. The topological polar surface area (TPSA) is 70.5 Å². The van der Waals surface area contributed by atoms with Crippen molar-refractivity contribution in [1.82, 2.24) is 0 Å². The predicted molar refractivity (Wildman–Crippen MR) is 48.2 cm³/mol. The summed E-state index contributed by atoms with van der Waals surface area (Å²) in [7, 11) is 1.58. The van der Waals surface area contributed by atoms with Crippen molar-refractivity contribution in [2.75, 3.05) is 13.7 Å². The van der Waals surface area contributed by atoms with Gasteiger partial charge >= 0.3 is 0 Å². The molecule has 0 bridgehead atoms. The quantitative estimate of drug-likeness (QED) is 0.275. The molecule has 1 fully saturated rings. The molecule has 0 spiro atoms. The lowest BCUT2D eigenvalue weighted by Crippen LogP contribution is -2.30. The summed E-state index contributed by atoms with van der Waals surface area (Å²) < 4.78 is 10.4. The van der Waals surface area contributed by atoms with E-state index in [0.717, 1.165) is 19.4 Å². The SMILES string of the molecule is CCCC(CC1CO1)(N=[N+]=[N-])OC. The van der Waals surface area contributed by atoms with Crippen molar-refractivity contribution < 1.29 is 9.47 Å². The van der Waals surface area contributed by atoms with E-state index in [0.29, 0.717) is 6.42 Å². The number of rotatable bonds is 6. The molecule has 0 radical (unpaired) electrons. The summed E-state index contributed by atoms with van der Waals surface area (Å²) in [6.45, 7) is 2.80. The molecular weight excluding hydrogens is 170 g/mol. The highest BCUT2D eigenvalue weighted by molar-refractivity contribution is 4.85. The second-order valence-corrected chi connectivity index (χ2v) is 3.25. The number of epoxide rings is 1. The average molecular weight is 185 g/mol. The minimum absolute atomic E-state index is 0.219. The van der Waals surface area contributed by atoms with Crippen LogP contribution in [0.3, 0.4) is 0 Å². The molecule has 0 saturated carbocycles. The fraction of sp³-hybridized carbons (Fsp3) is 1.00. The van der Waals surface area contributed by atoms with Gasteiger partial charge < -0.3 is 9.47 Å². The maximum Gasteiger partial charge on any atom is 0.149 e. The third kappa shape index (κ3) is 2.88. The van der Waals surface area contributed by atoms with E-state index in [4.69, 9.17) is 15.0 Å². The Labute approximate surface area is 77.6 Å². The fourth-order valence-electron chi connectivity index (χ4n) is 1.43. The van der Waals surface area contributed by atoms with Crippen LogP contribution in [0.25, 0.3) is 10.4 Å². The van der Waals surface area contributed by atoms with E-state index >= 15 is 0 Å². The van der Waals surface area contributed by atoms with Gasteiger partial charge in [-0.1, -0.05) is 18.5 Å². The van der Waals surface area contributed by atoms with Gasteiger partial charge in [0, 0.05) is 18.4 Å². The molecule has 0 aromatic rings. The maximum absolute atomic E-state index is 8.43. The molecular formula is C8H15N3O2. The molecule has 74 valence electrons. The summed E-state index contributed by atoms with van der Waals surface area (Å²) >= 11 is 0. The molecule has 1 aliphatic rings. The molecule has 1 rings (SSSR count). The Morgan fingerprint density at radius 2 is 2.46 bits per heavy atom. The van der Waals surface area contributed by atoms with Crippen LogP contribution in [0.5, 0.6) is 0 Å². The first kappa shape index (κ1) is 10.3. The molecule has 5 nitrogen and oxygen atoms in total. The van der Waals surface area contributed by atoms with Crippen molar-refractivity contribution in [2.24, 2.45) is 5.11 Å². The zero-order valence-corrected chi connectivity index (χ0v) is 8.06. The van der Waals surface area contributed by atoms with Gasteiger partial charge in [-0.05, 0) is 12.0 Å². The summed E-state index contributed by atoms with van der Waals surface area (Å²) in [4.78, 5) is 2.82. The zero-order valence-electron chi connectivity index (χ0n) is 8.06. The van der Waals surface area contributed by atoms with Crippen molar-refractivity contribution in [3.63, 3.8) is 0 Å². The van der Waals surface area contributed by atoms with Crippen LogP contribution in [0, 0.1) is 0 Å². The zero-order chi connectivity index (χ0) is 9.73. The third-order valence-corrected chi connectivity index (χ3v) is 2.20. The van der Waals surface area contributed by atoms with E-state index in [1.54, 1.807) is 7.11 Å². The summed E-state index contributed by atoms with van der Waals surface area (Å²) in [6.07, 6.45) is 2.56. The van der Waals surface area contributed by atoms with Crippen molar-refractivity contribution >= 4 is 0 Å². The summed E-state index contributed by atoms with van der Waals surface area (Å²) in [6, 6.07) is 0. The van der Waals surface area contributed by atoms with E-state index in [1.165, 1.54) is 0 Å². The molecule has 1 heterocycles. The van der Waals surface area contributed by atoms with Crippen molar-refractivity contribution in [2.45, 2.75) is 38.0 Å². The molecule has 1 saturated heterocycles. The monoisotopic (exact) mass is 185 g/mol. The first-order valence-corrected chi connectivity index (χ1v) is 4.49.